The van der Waals surface area contributed by atoms with Crippen LogP contribution in [-0.4, -0.2) is 36.2 Å². The predicted octanol–water partition coefficient (Wildman–Crippen LogP) is 2.12. The molecule has 0 unspecified atom stereocenters. The Kier molecular flexibility index (Phi) is 4.74. The third-order valence-electron chi connectivity index (χ3n) is 3.58. The number of benzene rings is 2. The molecule has 3 rings (SSSR count). The normalized spacial score (nSPS) is 11.7. The molecule has 2 N–H and O–H groups in total. The third kappa shape index (κ3) is 3.75. The van der Waals surface area contributed by atoms with Crippen LogP contribution in [0.4, 0.5) is 5.69 Å². The van der Waals surface area contributed by atoms with E-state index < -0.39 is 18.5 Å². The summed E-state index contributed by atoms with van der Waals surface area (Å²) >= 11 is 0. The second-order valence-electron chi connectivity index (χ2n) is 5.48. The highest BCUT2D eigenvalue weighted by Crippen LogP contribution is 2.37. The van der Waals surface area contributed by atoms with E-state index in [1.54, 1.807) is 0 Å². The van der Waals surface area contributed by atoms with E-state index in [1.807, 2.05) is 0 Å². The second kappa shape index (κ2) is 7.14. The number of fused-ring (bicyclic) bond motifs is 1. The zero-order chi connectivity index (χ0) is 18.7. The molecule has 8 nitrogen and oxygen atoms in total. The van der Waals surface area contributed by atoms with E-state index in [9.17, 15) is 19.5 Å². The number of phenolic OH excluding ortho intramolecular Hbond substituents is 1. The number of carbonyl (C=O) groups is 3. The zero-order valence-corrected chi connectivity index (χ0v) is 13.8. The monoisotopic (exact) mass is 357 g/mol. The Morgan fingerprint density at radius 3 is 2.58 bits per heavy atom. The first-order valence-electron chi connectivity index (χ1n) is 7.64. The first kappa shape index (κ1) is 17.3. The molecule has 2 aromatic carbocycles. The Labute approximate surface area is 148 Å². The molecule has 2 aromatic rings. The molecule has 0 atom stereocenters. The lowest BCUT2D eigenvalue weighted by Gasteiger charge is -2.11. The molecule has 0 fully saturated rings. The van der Waals surface area contributed by atoms with Crippen LogP contribution in [0.25, 0.3) is 0 Å². The molecular formula is C18H15NO7. The fraction of sp³-hybridized carbons (Fsp3) is 0.167. The Morgan fingerprint density at radius 1 is 1.15 bits per heavy atom. The van der Waals surface area contributed by atoms with Crippen LogP contribution in [0.1, 0.15) is 27.6 Å². The SMILES string of the molecule is CC(=O)c1cc2c(cc1NC(=O)COC(=O)c1cccc(O)c1)OCO2. The molecule has 1 heterocycles. The highest BCUT2D eigenvalue weighted by molar-refractivity contribution is 6.05. The standard InChI is InChI=1S/C18H15NO7/c1-10(20)13-6-15-16(26-9-25-15)7-14(13)19-17(22)8-24-18(23)11-3-2-4-12(21)5-11/h2-7,21H,8-9H2,1H3,(H,19,22). The number of phenols is 1. The van der Waals surface area contributed by atoms with Gasteiger partial charge >= 0.3 is 5.97 Å². The van der Waals surface area contributed by atoms with Crippen LogP contribution < -0.4 is 14.8 Å². The van der Waals surface area contributed by atoms with Crippen molar-refractivity contribution in [1.29, 1.82) is 0 Å². The number of ketones is 1. The van der Waals surface area contributed by atoms with E-state index in [1.165, 1.54) is 43.3 Å². The van der Waals surface area contributed by atoms with Gasteiger partial charge in [0.2, 0.25) is 6.79 Å². The van der Waals surface area contributed by atoms with Crippen LogP contribution in [0.2, 0.25) is 0 Å². The summed E-state index contributed by atoms with van der Waals surface area (Å²) in [6.07, 6.45) is 0. The smallest absolute Gasteiger partial charge is 0.338 e. The largest absolute Gasteiger partial charge is 0.508 e. The fourth-order valence-electron chi connectivity index (χ4n) is 2.37. The first-order chi connectivity index (χ1) is 12.4. The molecular weight excluding hydrogens is 342 g/mol. The van der Waals surface area contributed by atoms with Gasteiger partial charge in [-0.15, -0.1) is 0 Å². The number of esters is 1. The Hall–Kier alpha value is -3.55. The zero-order valence-electron chi connectivity index (χ0n) is 13.8. The summed E-state index contributed by atoms with van der Waals surface area (Å²) in [6, 6.07) is 8.54. The number of amides is 1. The van der Waals surface area contributed by atoms with Crippen LogP contribution in [0, 0.1) is 0 Å². The van der Waals surface area contributed by atoms with Gasteiger partial charge in [0.25, 0.3) is 5.91 Å². The van der Waals surface area contributed by atoms with Gasteiger partial charge in [0.05, 0.1) is 11.3 Å². The number of Topliss-reactive ketones (excluding diaryl/α,β-unsaturated/α-hetero) is 1. The Balaban J connectivity index is 1.67. The number of anilines is 1. The van der Waals surface area contributed by atoms with Gasteiger partial charge in [0.15, 0.2) is 23.9 Å². The molecule has 1 aliphatic heterocycles. The number of carbonyl (C=O) groups excluding carboxylic acids is 3. The van der Waals surface area contributed by atoms with Crippen molar-refractivity contribution in [2.75, 3.05) is 18.7 Å². The molecule has 0 spiro atoms. The molecule has 0 radical (unpaired) electrons. The van der Waals surface area contributed by atoms with E-state index in [0.717, 1.165) is 0 Å². The van der Waals surface area contributed by atoms with Gasteiger partial charge in [-0.25, -0.2) is 4.79 Å². The lowest BCUT2D eigenvalue weighted by Crippen LogP contribution is -2.22. The maximum absolute atomic E-state index is 12.1. The van der Waals surface area contributed by atoms with E-state index >= 15 is 0 Å². The van der Waals surface area contributed by atoms with Gasteiger partial charge in [0.1, 0.15) is 5.75 Å². The van der Waals surface area contributed by atoms with Crippen LogP contribution >= 0.6 is 0 Å². The average molecular weight is 357 g/mol. The van der Waals surface area contributed by atoms with Gasteiger partial charge in [-0.05, 0) is 31.2 Å². The van der Waals surface area contributed by atoms with Crippen LogP contribution in [-0.2, 0) is 9.53 Å². The minimum atomic E-state index is -0.756. The molecule has 1 aliphatic rings. The Bertz CT molecular complexity index is 891. The summed E-state index contributed by atoms with van der Waals surface area (Å²) in [6.45, 7) is 0.834. The summed E-state index contributed by atoms with van der Waals surface area (Å²) in [5.41, 5.74) is 0.604. The lowest BCUT2D eigenvalue weighted by atomic mass is 10.1. The number of aromatic hydroxyl groups is 1. The van der Waals surface area contributed by atoms with Crippen LogP contribution in [0.5, 0.6) is 17.2 Å². The van der Waals surface area contributed by atoms with E-state index in [-0.39, 0.29) is 35.1 Å². The van der Waals surface area contributed by atoms with Crippen molar-refractivity contribution in [3.8, 4) is 17.2 Å². The highest BCUT2D eigenvalue weighted by Gasteiger charge is 2.21. The number of hydrogen-bond donors (Lipinski definition) is 2. The van der Waals surface area contributed by atoms with Crippen molar-refractivity contribution in [1.82, 2.24) is 0 Å². The van der Waals surface area contributed by atoms with Crippen molar-refractivity contribution in [3.05, 3.63) is 47.5 Å². The van der Waals surface area contributed by atoms with E-state index in [4.69, 9.17) is 14.2 Å². The van der Waals surface area contributed by atoms with Crippen molar-refractivity contribution >= 4 is 23.3 Å². The van der Waals surface area contributed by atoms with E-state index in [2.05, 4.69) is 5.32 Å². The quantitative estimate of drug-likeness (QED) is 0.623. The highest BCUT2D eigenvalue weighted by atomic mass is 16.7. The van der Waals surface area contributed by atoms with E-state index in [0.29, 0.717) is 11.5 Å². The molecule has 0 saturated heterocycles. The second-order valence-corrected chi connectivity index (χ2v) is 5.48. The molecule has 26 heavy (non-hydrogen) atoms. The number of hydrogen-bond acceptors (Lipinski definition) is 7. The summed E-state index contributed by atoms with van der Waals surface area (Å²) in [7, 11) is 0. The first-order valence-corrected chi connectivity index (χ1v) is 7.64. The van der Waals surface area contributed by atoms with Crippen molar-refractivity contribution in [3.63, 3.8) is 0 Å². The fourth-order valence-corrected chi connectivity index (χ4v) is 2.37. The molecule has 134 valence electrons. The molecule has 0 bridgehead atoms. The molecule has 0 aromatic heterocycles. The number of ether oxygens (including phenoxy) is 3. The summed E-state index contributed by atoms with van der Waals surface area (Å²) in [5.74, 6) is -0.912. The predicted molar refractivity (Wildman–Crippen MR) is 89.6 cm³/mol. The maximum Gasteiger partial charge on any atom is 0.338 e. The maximum atomic E-state index is 12.1. The van der Waals surface area contributed by atoms with Crippen molar-refractivity contribution in [2.24, 2.45) is 0 Å². The minimum Gasteiger partial charge on any atom is -0.508 e. The van der Waals surface area contributed by atoms with Crippen LogP contribution in [0.3, 0.4) is 0 Å². The molecule has 8 heteroatoms. The van der Waals surface area contributed by atoms with Gasteiger partial charge in [-0.2, -0.15) is 0 Å². The van der Waals surface area contributed by atoms with Crippen LogP contribution in [0.15, 0.2) is 36.4 Å². The molecule has 0 saturated carbocycles. The summed E-state index contributed by atoms with van der Waals surface area (Å²) < 4.78 is 15.3. The van der Waals surface area contributed by atoms with Gasteiger partial charge in [0, 0.05) is 11.6 Å². The lowest BCUT2D eigenvalue weighted by molar-refractivity contribution is -0.119. The Morgan fingerprint density at radius 2 is 1.88 bits per heavy atom. The third-order valence-corrected chi connectivity index (χ3v) is 3.58. The number of rotatable bonds is 5. The summed E-state index contributed by atoms with van der Waals surface area (Å²) in [4.78, 5) is 35.7. The minimum absolute atomic E-state index is 0.0333. The van der Waals surface area contributed by atoms with Gasteiger partial charge in [-0.3, -0.25) is 9.59 Å². The van der Waals surface area contributed by atoms with Crippen molar-refractivity contribution in [2.45, 2.75) is 6.92 Å². The topological polar surface area (TPSA) is 111 Å². The molecule has 0 aliphatic carbocycles. The van der Waals surface area contributed by atoms with Gasteiger partial charge < -0.3 is 24.6 Å². The summed E-state index contributed by atoms with van der Waals surface area (Å²) in [5, 5.41) is 11.9. The molecule has 1 amide bonds. The van der Waals surface area contributed by atoms with Gasteiger partial charge in [-0.1, -0.05) is 6.07 Å². The van der Waals surface area contributed by atoms with Crippen molar-refractivity contribution < 1.29 is 33.7 Å². The number of nitrogens with one attached hydrogen (secondary N) is 1. The average Bonchev–Trinajstić information content (AvgIpc) is 3.06.